The Morgan fingerprint density at radius 3 is 2.62 bits per heavy atom. The Balaban J connectivity index is 2.90. The van der Waals surface area contributed by atoms with E-state index < -0.39 is 0 Å². The first kappa shape index (κ1) is 11.3. The maximum Gasteiger partial charge on any atom is 0.209 e. The van der Waals surface area contributed by atoms with Crippen LogP contribution >= 0.6 is 22.6 Å². The molecular formula is C11H9IO4. The van der Waals surface area contributed by atoms with Gasteiger partial charge in [0.15, 0.2) is 0 Å². The number of halogens is 1. The highest BCUT2D eigenvalue weighted by atomic mass is 127. The van der Waals surface area contributed by atoms with E-state index in [1.165, 1.54) is 13.4 Å². The minimum absolute atomic E-state index is 0.0960. The summed E-state index contributed by atoms with van der Waals surface area (Å²) in [5.41, 5.74) is 0.364. The number of methoxy groups -OCH3 is 2. The molecule has 0 amide bonds. The molecule has 0 saturated heterocycles. The molecule has 0 atom stereocenters. The third kappa shape index (κ3) is 1.75. The fourth-order valence-electron chi connectivity index (χ4n) is 1.45. The van der Waals surface area contributed by atoms with Crippen LogP contribution in [-0.2, 0) is 0 Å². The van der Waals surface area contributed by atoms with Crippen molar-refractivity contribution in [3.05, 3.63) is 32.2 Å². The second-order valence-corrected chi connectivity index (χ2v) is 4.28. The molecule has 0 unspecified atom stereocenters. The highest BCUT2D eigenvalue weighted by Gasteiger charge is 2.12. The van der Waals surface area contributed by atoms with E-state index in [1.807, 2.05) is 22.6 Å². The first-order chi connectivity index (χ1) is 7.67. The van der Waals surface area contributed by atoms with Crippen molar-refractivity contribution in [1.29, 1.82) is 0 Å². The van der Waals surface area contributed by atoms with E-state index in [4.69, 9.17) is 13.9 Å². The fraction of sp³-hybridized carbons (Fsp3) is 0.182. The summed E-state index contributed by atoms with van der Waals surface area (Å²) in [5.74, 6) is 1.05. The maximum absolute atomic E-state index is 11.9. The molecule has 0 aliphatic rings. The van der Waals surface area contributed by atoms with Crippen molar-refractivity contribution in [2.75, 3.05) is 14.2 Å². The van der Waals surface area contributed by atoms with Crippen molar-refractivity contribution >= 4 is 33.6 Å². The zero-order valence-corrected chi connectivity index (χ0v) is 10.9. The summed E-state index contributed by atoms with van der Waals surface area (Å²) in [5, 5.41) is 0.440. The van der Waals surface area contributed by atoms with Gasteiger partial charge >= 0.3 is 0 Å². The molecule has 4 nitrogen and oxygen atoms in total. The van der Waals surface area contributed by atoms with Gasteiger partial charge < -0.3 is 13.9 Å². The van der Waals surface area contributed by atoms with Crippen LogP contribution in [0.4, 0.5) is 0 Å². The highest BCUT2D eigenvalue weighted by molar-refractivity contribution is 14.1. The average Bonchev–Trinajstić information content (AvgIpc) is 2.32. The molecule has 1 heterocycles. The second-order valence-electron chi connectivity index (χ2n) is 3.12. The van der Waals surface area contributed by atoms with E-state index in [2.05, 4.69) is 0 Å². The molecule has 1 aromatic heterocycles. The SMILES string of the molecule is COc1cc(OC)c2c(=O)c(I)coc2c1. The first-order valence-electron chi connectivity index (χ1n) is 4.50. The minimum atomic E-state index is -0.0960. The summed E-state index contributed by atoms with van der Waals surface area (Å²) < 4.78 is 16.1. The number of fused-ring (bicyclic) bond motifs is 1. The fourth-order valence-corrected chi connectivity index (χ4v) is 1.85. The third-order valence-electron chi connectivity index (χ3n) is 2.23. The highest BCUT2D eigenvalue weighted by Crippen LogP contribution is 2.29. The number of hydrogen-bond acceptors (Lipinski definition) is 4. The van der Waals surface area contributed by atoms with Gasteiger partial charge in [0.2, 0.25) is 5.43 Å². The summed E-state index contributed by atoms with van der Waals surface area (Å²) in [6, 6.07) is 3.32. The van der Waals surface area contributed by atoms with Gasteiger partial charge in [-0.1, -0.05) is 0 Å². The van der Waals surface area contributed by atoms with Gasteiger partial charge in [0.25, 0.3) is 0 Å². The normalized spacial score (nSPS) is 10.4. The lowest BCUT2D eigenvalue weighted by atomic mass is 10.2. The largest absolute Gasteiger partial charge is 0.496 e. The van der Waals surface area contributed by atoms with Crippen molar-refractivity contribution in [1.82, 2.24) is 0 Å². The van der Waals surface area contributed by atoms with Crippen molar-refractivity contribution < 1.29 is 13.9 Å². The number of rotatable bonds is 2. The van der Waals surface area contributed by atoms with Crippen LogP contribution in [0.2, 0.25) is 0 Å². The van der Waals surface area contributed by atoms with Crippen LogP contribution in [0.5, 0.6) is 11.5 Å². The second kappa shape index (κ2) is 4.32. The third-order valence-corrected chi connectivity index (χ3v) is 2.97. The number of benzene rings is 1. The van der Waals surface area contributed by atoms with Gasteiger partial charge in [0.05, 0.1) is 17.8 Å². The van der Waals surface area contributed by atoms with Crippen molar-refractivity contribution in [2.24, 2.45) is 0 Å². The van der Waals surface area contributed by atoms with E-state index in [9.17, 15) is 4.79 Å². The summed E-state index contributed by atoms with van der Waals surface area (Å²) in [6.45, 7) is 0. The van der Waals surface area contributed by atoms with Crippen LogP contribution in [0.1, 0.15) is 0 Å². The molecule has 1 aromatic carbocycles. The Kier molecular flexibility index (Phi) is 3.04. The van der Waals surface area contributed by atoms with Crippen LogP contribution in [0.25, 0.3) is 11.0 Å². The van der Waals surface area contributed by atoms with Gasteiger partial charge in [-0.05, 0) is 22.6 Å². The molecule has 0 fully saturated rings. The lowest BCUT2D eigenvalue weighted by Gasteiger charge is -2.07. The zero-order chi connectivity index (χ0) is 11.7. The lowest BCUT2D eigenvalue weighted by Crippen LogP contribution is -2.06. The van der Waals surface area contributed by atoms with Crippen LogP contribution < -0.4 is 14.9 Å². The van der Waals surface area contributed by atoms with Gasteiger partial charge in [0, 0.05) is 12.1 Å². The predicted octanol–water partition coefficient (Wildman–Crippen LogP) is 2.41. The monoisotopic (exact) mass is 332 g/mol. The van der Waals surface area contributed by atoms with Crippen molar-refractivity contribution in [3.8, 4) is 11.5 Å². The van der Waals surface area contributed by atoms with Gasteiger partial charge in [0.1, 0.15) is 28.7 Å². The summed E-state index contributed by atoms with van der Waals surface area (Å²) >= 11 is 1.93. The Bertz CT molecular complexity index is 588. The number of ether oxygens (including phenoxy) is 2. The van der Waals surface area contributed by atoms with Crippen LogP contribution in [-0.4, -0.2) is 14.2 Å². The van der Waals surface area contributed by atoms with Crippen LogP contribution in [0.15, 0.2) is 27.6 Å². The Morgan fingerprint density at radius 1 is 1.25 bits per heavy atom. The molecule has 0 spiro atoms. The summed E-state index contributed by atoms with van der Waals surface area (Å²) in [4.78, 5) is 11.9. The molecule has 0 N–H and O–H groups in total. The van der Waals surface area contributed by atoms with Gasteiger partial charge in [-0.25, -0.2) is 0 Å². The lowest BCUT2D eigenvalue weighted by molar-refractivity contribution is 0.396. The zero-order valence-electron chi connectivity index (χ0n) is 8.74. The molecule has 0 bridgehead atoms. The van der Waals surface area contributed by atoms with Crippen molar-refractivity contribution in [2.45, 2.75) is 0 Å². The Morgan fingerprint density at radius 2 is 2.00 bits per heavy atom. The molecule has 2 rings (SSSR count). The standard InChI is InChI=1S/C11H9IO4/c1-14-6-3-8(15-2)10-9(4-6)16-5-7(12)11(10)13/h3-5H,1-2H3. The van der Waals surface area contributed by atoms with E-state index >= 15 is 0 Å². The minimum Gasteiger partial charge on any atom is -0.496 e. The summed E-state index contributed by atoms with van der Waals surface area (Å²) in [6.07, 6.45) is 1.42. The van der Waals surface area contributed by atoms with E-state index in [0.717, 1.165) is 0 Å². The summed E-state index contributed by atoms with van der Waals surface area (Å²) in [7, 11) is 3.05. The van der Waals surface area contributed by atoms with Gasteiger partial charge in [-0.3, -0.25) is 4.79 Å². The van der Waals surface area contributed by atoms with Crippen LogP contribution in [0.3, 0.4) is 0 Å². The van der Waals surface area contributed by atoms with Gasteiger partial charge in [-0.15, -0.1) is 0 Å². The molecule has 0 aliphatic heterocycles. The molecule has 5 heteroatoms. The quantitative estimate of drug-likeness (QED) is 0.793. The topological polar surface area (TPSA) is 48.7 Å². The molecule has 0 aliphatic carbocycles. The smallest absolute Gasteiger partial charge is 0.209 e. The van der Waals surface area contributed by atoms with E-state index in [-0.39, 0.29) is 5.43 Å². The van der Waals surface area contributed by atoms with Gasteiger partial charge in [-0.2, -0.15) is 0 Å². The average molecular weight is 332 g/mol. The van der Waals surface area contributed by atoms with Crippen molar-refractivity contribution in [3.63, 3.8) is 0 Å². The Hall–Kier alpha value is -1.24. The molecule has 2 aromatic rings. The first-order valence-corrected chi connectivity index (χ1v) is 5.58. The molecular weight excluding hydrogens is 323 g/mol. The van der Waals surface area contributed by atoms with E-state index in [1.54, 1.807) is 19.2 Å². The molecule has 16 heavy (non-hydrogen) atoms. The molecule has 84 valence electrons. The molecule has 0 radical (unpaired) electrons. The maximum atomic E-state index is 11.9. The van der Waals surface area contributed by atoms with E-state index in [0.29, 0.717) is 26.0 Å². The van der Waals surface area contributed by atoms with Crippen LogP contribution in [0, 0.1) is 3.57 Å². The Labute approximate surface area is 105 Å². The molecule has 0 saturated carbocycles. The number of hydrogen-bond donors (Lipinski definition) is 0. The predicted molar refractivity (Wildman–Crippen MR) is 68.3 cm³/mol.